The van der Waals surface area contributed by atoms with E-state index in [1.54, 1.807) is 0 Å². The zero-order valence-corrected chi connectivity index (χ0v) is 10.7. The minimum Gasteiger partial charge on any atom is -0.397 e. The van der Waals surface area contributed by atoms with Gasteiger partial charge in [-0.05, 0) is 22.0 Å². The summed E-state index contributed by atoms with van der Waals surface area (Å²) in [6.07, 6.45) is -4.44. The fourth-order valence-electron chi connectivity index (χ4n) is 1.45. The van der Waals surface area contributed by atoms with Gasteiger partial charge in [0.05, 0.1) is 22.5 Å². The van der Waals surface area contributed by atoms with Crippen LogP contribution in [0.25, 0.3) is 0 Å². The largest absolute Gasteiger partial charge is 0.405 e. The van der Waals surface area contributed by atoms with Crippen molar-refractivity contribution in [1.82, 2.24) is 0 Å². The fourth-order valence-corrected chi connectivity index (χ4v) is 1.78. The third-order valence-corrected chi connectivity index (χ3v) is 2.76. The molecule has 0 spiro atoms. The van der Waals surface area contributed by atoms with Crippen molar-refractivity contribution >= 4 is 27.3 Å². The van der Waals surface area contributed by atoms with Crippen LogP contribution in [0.5, 0.6) is 0 Å². The molecule has 0 saturated heterocycles. The molecule has 1 aromatic rings. The fraction of sp³-hybridized carbons (Fsp3) is 0.400. The molecule has 0 radical (unpaired) electrons. The summed E-state index contributed by atoms with van der Waals surface area (Å²) >= 11 is 2.88. The molecule has 3 nitrogen and oxygen atoms in total. The number of nitrogens with zero attached hydrogens (tertiary/aromatic N) is 1. The highest BCUT2D eigenvalue weighted by Crippen LogP contribution is 2.31. The molecule has 18 heavy (non-hydrogen) atoms. The van der Waals surface area contributed by atoms with Gasteiger partial charge < -0.3 is 15.7 Å². The van der Waals surface area contributed by atoms with Gasteiger partial charge in [0.2, 0.25) is 0 Å². The molecule has 0 atom stereocenters. The van der Waals surface area contributed by atoms with E-state index in [4.69, 9.17) is 10.8 Å². The van der Waals surface area contributed by atoms with Gasteiger partial charge in [0, 0.05) is 12.6 Å². The molecule has 102 valence electrons. The predicted molar refractivity (Wildman–Crippen MR) is 63.9 cm³/mol. The Morgan fingerprint density at radius 3 is 2.44 bits per heavy atom. The summed E-state index contributed by atoms with van der Waals surface area (Å²) in [7, 11) is 0. The molecule has 0 saturated carbocycles. The van der Waals surface area contributed by atoms with Crippen molar-refractivity contribution in [1.29, 1.82) is 0 Å². The van der Waals surface area contributed by atoms with E-state index in [0.717, 1.165) is 17.0 Å². The smallest absolute Gasteiger partial charge is 0.397 e. The van der Waals surface area contributed by atoms with Crippen LogP contribution in [0, 0.1) is 5.82 Å². The van der Waals surface area contributed by atoms with E-state index in [-0.39, 0.29) is 22.4 Å². The van der Waals surface area contributed by atoms with Crippen molar-refractivity contribution in [3.05, 3.63) is 22.4 Å². The van der Waals surface area contributed by atoms with Crippen LogP contribution in [0.2, 0.25) is 0 Å². The Labute approximate surface area is 109 Å². The van der Waals surface area contributed by atoms with Crippen molar-refractivity contribution in [3.8, 4) is 0 Å². The standard InChI is InChI=1S/C10H11BrF4N2O/c11-6-3-9(8(16)4-7(6)12)17(1-2-18)5-10(13,14)15/h3-4,18H,1-2,5,16H2. The Hall–Kier alpha value is -1.02. The van der Waals surface area contributed by atoms with Gasteiger partial charge in [0.15, 0.2) is 0 Å². The van der Waals surface area contributed by atoms with Crippen LogP contribution in [0.3, 0.4) is 0 Å². The van der Waals surface area contributed by atoms with Crippen molar-refractivity contribution < 1.29 is 22.7 Å². The number of hydrogen-bond donors (Lipinski definition) is 2. The molecule has 0 bridgehead atoms. The lowest BCUT2D eigenvalue weighted by Gasteiger charge is -2.26. The molecule has 1 aromatic carbocycles. The van der Waals surface area contributed by atoms with Gasteiger partial charge in [0.25, 0.3) is 0 Å². The summed E-state index contributed by atoms with van der Waals surface area (Å²) in [6, 6.07) is 2.09. The van der Waals surface area contributed by atoms with E-state index < -0.39 is 25.1 Å². The molecule has 0 aliphatic rings. The molecule has 1 rings (SSSR count). The van der Waals surface area contributed by atoms with E-state index in [0.29, 0.717) is 0 Å². The summed E-state index contributed by atoms with van der Waals surface area (Å²) in [5, 5.41) is 8.77. The average Bonchev–Trinajstić information content (AvgIpc) is 2.21. The van der Waals surface area contributed by atoms with Gasteiger partial charge >= 0.3 is 6.18 Å². The minimum atomic E-state index is -4.44. The van der Waals surface area contributed by atoms with Crippen LogP contribution in [0.1, 0.15) is 0 Å². The van der Waals surface area contributed by atoms with Crippen molar-refractivity contribution in [2.24, 2.45) is 0 Å². The Kier molecular flexibility index (Phi) is 4.80. The van der Waals surface area contributed by atoms with Gasteiger partial charge in [-0.15, -0.1) is 0 Å². The van der Waals surface area contributed by atoms with Gasteiger partial charge in [-0.25, -0.2) is 4.39 Å². The molecule has 3 N–H and O–H groups in total. The molecule has 0 unspecified atom stereocenters. The SMILES string of the molecule is Nc1cc(F)c(Br)cc1N(CCO)CC(F)(F)F. The zero-order valence-electron chi connectivity index (χ0n) is 9.14. The van der Waals surface area contributed by atoms with Crippen molar-refractivity contribution in [2.45, 2.75) is 6.18 Å². The molecule has 0 aliphatic heterocycles. The first-order valence-electron chi connectivity index (χ1n) is 4.91. The topological polar surface area (TPSA) is 49.5 Å². The molecule has 0 aromatic heterocycles. The third kappa shape index (κ3) is 4.02. The molecular formula is C10H11BrF4N2O. The Bertz CT molecular complexity index is 425. The van der Waals surface area contributed by atoms with E-state index in [9.17, 15) is 17.6 Å². The summed E-state index contributed by atoms with van der Waals surface area (Å²) in [4.78, 5) is 0.847. The second-order valence-corrected chi connectivity index (χ2v) is 4.44. The maximum atomic E-state index is 13.1. The maximum absolute atomic E-state index is 13.1. The van der Waals surface area contributed by atoms with Gasteiger partial charge in [-0.3, -0.25) is 0 Å². The van der Waals surface area contributed by atoms with Gasteiger partial charge in [-0.1, -0.05) is 0 Å². The number of aliphatic hydroxyl groups excluding tert-OH is 1. The van der Waals surface area contributed by atoms with Crippen LogP contribution in [0.15, 0.2) is 16.6 Å². The number of halogens is 5. The highest BCUT2D eigenvalue weighted by Gasteiger charge is 2.31. The van der Waals surface area contributed by atoms with Crippen LogP contribution < -0.4 is 10.6 Å². The maximum Gasteiger partial charge on any atom is 0.405 e. The van der Waals surface area contributed by atoms with Gasteiger partial charge in [0.1, 0.15) is 12.4 Å². The first-order chi connectivity index (χ1) is 8.24. The molecule has 0 amide bonds. The van der Waals surface area contributed by atoms with E-state index in [2.05, 4.69) is 15.9 Å². The first-order valence-corrected chi connectivity index (χ1v) is 5.71. The van der Waals surface area contributed by atoms with Crippen molar-refractivity contribution in [3.63, 3.8) is 0 Å². The van der Waals surface area contributed by atoms with E-state index >= 15 is 0 Å². The Morgan fingerprint density at radius 1 is 1.33 bits per heavy atom. The first kappa shape index (κ1) is 15.0. The second kappa shape index (κ2) is 5.75. The molecule has 0 heterocycles. The lowest BCUT2D eigenvalue weighted by Crippen LogP contribution is -2.36. The van der Waals surface area contributed by atoms with Gasteiger partial charge in [-0.2, -0.15) is 13.2 Å². The number of rotatable bonds is 4. The minimum absolute atomic E-state index is 0.0109. The predicted octanol–water partition coefficient (Wildman–Crippen LogP) is 2.53. The number of nitrogens with two attached hydrogens (primary N) is 1. The molecule has 8 heteroatoms. The van der Waals surface area contributed by atoms with Crippen LogP contribution >= 0.6 is 15.9 Å². The zero-order chi connectivity index (χ0) is 13.9. The Morgan fingerprint density at radius 2 is 1.94 bits per heavy atom. The summed E-state index contributed by atoms with van der Waals surface area (Å²) in [5.74, 6) is -0.660. The van der Waals surface area contributed by atoms with E-state index in [1.807, 2.05) is 0 Å². The molecule has 0 fully saturated rings. The third-order valence-electron chi connectivity index (χ3n) is 2.15. The number of aliphatic hydroxyl groups is 1. The average molecular weight is 331 g/mol. The highest BCUT2D eigenvalue weighted by atomic mass is 79.9. The second-order valence-electron chi connectivity index (χ2n) is 3.59. The van der Waals surface area contributed by atoms with Crippen LogP contribution in [0.4, 0.5) is 28.9 Å². The quantitative estimate of drug-likeness (QED) is 0.659. The lowest BCUT2D eigenvalue weighted by molar-refractivity contribution is -0.119. The number of benzene rings is 1. The highest BCUT2D eigenvalue weighted by molar-refractivity contribution is 9.10. The summed E-state index contributed by atoms with van der Waals surface area (Å²) < 4.78 is 50.3. The van der Waals surface area contributed by atoms with Crippen LogP contribution in [-0.4, -0.2) is 31.0 Å². The number of nitrogen functional groups attached to an aromatic ring is 1. The Balaban J connectivity index is 3.09. The van der Waals surface area contributed by atoms with E-state index in [1.165, 1.54) is 0 Å². The number of alkyl halides is 3. The molecule has 0 aliphatic carbocycles. The molecular weight excluding hydrogens is 320 g/mol. The number of hydrogen-bond acceptors (Lipinski definition) is 3. The summed E-state index contributed by atoms with van der Waals surface area (Å²) in [6.45, 7) is -1.98. The van der Waals surface area contributed by atoms with Crippen LogP contribution in [-0.2, 0) is 0 Å². The summed E-state index contributed by atoms with van der Waals surface area (Å²) in [5.41, 5.74) is 5.39. The lowest BCUT2D eigenvalue weighted by atomic mass is 10.2. The number of anilines is 2. The van der Waals surface area contributed by atoms with Crippen molar-refractivity contribution in [2.75, 3.05) is 30.3 Å². The normalized spacial score (nSPS) is 11.7. The monoisotopic (exact) mass is 330 g/mol.